The second kappa shape index (κ2) is 8.74. The lowest BCUT2D eigenvalue weighted by Gasteiger charge is -2.40. The van der Waals surface area contributed by atoms with Crippen LogP contribution >= 0.6 is 11.6 Å². The third-order valence-electron chi connectivity index (χ3n) is 5.68. The standard InChI is InChI=1S/C21H24ClFN2O5S/c1-12-6-8-16(23)19(13(12)2)14(3)20(21(26)29-4)25-11-24(30-5)17-10-15(22)7-9-18(17)31(25,27)28/h6-10,14,20H,11H2,1-5H3/t14-,20+/m1/s1. The zero-order chi connectivity index (χ0) is 23.1. The van der Waals surface area contributed by atoms with E-state index in [0.29, 0.717) is 10.6 Å². The van der Waals surface area contributed by atoms with Crippen LogP contribution in [-0.4, -0.2) is 45.6 Å². The summed E-state index contributed by atoms with van der Waals surface area (Å²) in [6, 6.07) is 5.88. The predicted molar refractivity (Wildman–Crippen MR) is 115 cm³/mol. The quantitative estimate of drug-likeness (QED) is 0.619. The normalized spacial score (nSPS) is 17.7. The number of benzene rings is 2. The highest BCUT2D eigenvalue weighted by Crippen LogP contribution is 2.39. The molecule has 7 nitrogen and oxygen atoms in total. The summed E-state index contributed by atoms with van der Waals surface area (Å²) in [6.07, 6.45) is 0. The summed E-state index contributed by atoms with van der Waals surface area (Å²) in [4.78, 5) is 18.1. The third-order valence-corrected chi connectivity index (χ3v) is 7.78. The van der Waals surface area contributed by atoms with Crippen molar-refractivity contribution < 1.29 is 27.2 Å². The highest BCUT2D eigenvalue weighted by Gasteiger charge is 2.46. The Morgan fingerprint density at radius 2 is 1.87 bits per heavy atom. The minimum Gasteiger partial charge on any atom is -0.468 e. The Morgan fingerprint density at radius 3 is 2.48 bits per heavy atom. The van der Waals surface area contributed by atoms with Gasteiger partial charge in [-0.2, -0.15) is 4.31 Å². The van der Waals surface area contributed by atoms with Crippen molar-refractivity contribution >= 4 is 33.3 Å². The van der Waals surface area contributed by atoms with Gasteiger partial charge in [-0.05, 0) is 54.8 Å². The molecule has 0 radical (unpaired) electrons. The van der Waals surface area contributed by atoms with Crippen LogP contribution in [0.1, 0.15) is 29.5 Å². The van der Waals surface area contributed by atoms with Crippen molar-refractivity contribution in [2.45, 2.75) is 37.6 Å². The van der Waals surface area contributed by atoms with E-state index in [9.17, 15) is 17.6 Å². The summed E-state index contributed by atoms with van der Waals surface area (Å²) in [5.74, 6) is -2.16. The molecule has 0 saturated heterocycles. The number of rotatable bonds is 5. The number of sulfonamides is 1. The van der Waals surface area contributed by atoms with Gasteiger partial charge in [-0.25, -0.2) is 17.9 Å². The number of esters is 1. The number of ether oxygens (including phenoxy) is 1. The first-order valence-electron chi connectivity index (χ1n) is 9.51. The number of halogens is 2. The maximum Gasteiger partial charge on any atom is 0.324 e. The van der Waals surface area contributed by atoms with Crippen molar-refractivity contribution in [1.82, 2.24) is 4.31 Å². The number of hydrogen-bond donors (Lipinski definition) is 0. The van der Waals surface area contributed by atoms with Gasteiger partial charge in [-0.3, -0.25) is 9.63 Å². The van der Waals surface area contributed by atoms with E-state index < -0.39 is 33.8 Å². The fourth-order valence-corrected chi connectivity index (χ4v) is 5.82. The number of nitrogens with zero attached hydrogens (tertiary/aromatic N) is 2. The number of aryl methyl sites for hydroxylation is 1. The molecule has 10 heteroatoms. The first-order valence-corrected chi connectivity index (χ1v) is 11.3. The van der Waals surface area contributed by atoms with Crippen molar-refractivity contribution in [1.29, 1.82) is 0 Å². The molecule has 1 aliphatic rings. The van der Waals surface area contributed by atoms with E-state index >= 15 is 0 Å². The number of carbonyl (C=O) groups is 1. The van der Waals surface area contributed by atoms with Gasteiger partial charge < -0.3 is 4.74 Å². The number of hydrogen-bond acceptors (Lipinski definition) is 6. The molecule has 2 aromatic rings. The summed E-state index contributed by atoms with van der Waals surface area (Å²) in [6.45, 7) is 4.86. The molecule has 168 valence electrons. The van der Waals surface area contributed by atoms with Gasteiger partial charge in [0.15, 0.2) is 0 Å². The number of methoxy groups -OCH3 is 1. The van der Waals surface area contributed by atoms with Crippen LogP contribution < -0.4 is 5.06 Å². The van der Waals surface area contributed by atoms with Crippen LogP contribution in [0.15, 0.2) is 35.2 Å². The lowest BCUT2D eigenvalue weighted by Crippen LogP contribution is -2.55. The number of anilines is 1. The average Bonchev–Trinajstić information content (AvgIpc) is 2.72. The second-order valence-corrected chi connectivity index (χ2v) is 9.66. The molecule has 0 bridgehead atoms. The van der Waals surface area contributed by atoms with E-state index in [1.165, 1.54) is 43.5 Å². The van der Waals surface area contributed by atoms with E-state index in [4.69, 9.17) is 21.2 Å². The van der Waals surface area contributed by atoms with Crippen LogP contribution in [0.5, 0.6) is 0 Å². The molecule has 0 fully saturated rings. The van der Waals surface area contributed by atoms with Crippen molar-refractivity contribution in [3.8, 4) is 0 Å². The molecular formula is C21H24ClFN2O5S. The Balaban J connectivity index is 2.19. The average molecular weight is 471 g/mol. The minimum atomic E-state index is -4.16. The van der Waals surface area contributed by atoms with E-state index in [-0.39, 0.29) is 22.8 Å². The summed E-state index contributed by atoms with van der Waals surface area (Å²) < 4.78 is 47.8. The van der Waals surface area contributed by atoms with E-state index in [1.807, 2.05) is 6.92 Å². The smallest absolute Gasteiger partial charge is 0.324 e. The molecule has 0 amide bonds. The lowest BCUT2D eigenvalue weighted by molar-refractivity contribution is -0.146. The number of fused-ring (bicyclic) bond motifs is 1. The number of hydroxylamine groups is 1. The van der Waals surface area contributed by atoms with Gasteiger partial charge in [0, 0.05) is 10.9 Å². The van der Waals surface area contributed by atoms with Crippen molar-refractivity contribution in [2.75, 3.05) is 26.0 Å². The van der Waals surface area contributed by atoms with Crippen LogP contribution in [-0.2, 0) is 24.4 Å². The fraction of sp³-hybridized carbons (Fsp3) is 0.381. The van der Waals surface area contributed by atoms with Gasteiger partial charge in [-0.1, -0.05) is 24.6 Å². The molecule has 0 aromatic heterocycles. The van der Waals surface area contributed by atoms with Crippen LogP contribution in [0.4, 0.5) is 10.1 Å². The zero-order valence-corrected chi connectivity index (χ0v) is 19.4. The summed E-state index contributed by atoms with van der Waals surface area (Å²) in [5.41, 5.74) is 1.98. The molecule has 0 aliphatic carbocycles. The van der Waals surface area contributed by atoms with Crippen molar-refractivity contribution in [3.05, 3.63) is 57.9 Å². The highest BCUT2D eigenvalue weighted by atomic mass is 35.5. The molecule has 2 atom stereocenters. The molecule has 31 heavy (non-hydrogen) atoms. The van der Waals surface area contributed by atoms with Crippen LogP contribution in [0.25, 0.3) is 0 Å². The highest BCUT2D eigenvalue weighted by molar-refractivity contribution is 7.89. The van der Waals surface area contributed by atoms with Gasteiger partial charge in [0.05, 0.1) is 19.9 Å². The first-order chi connectivity index (χ1) is 14.5. The lowest BCUT2D eigenvalue weighted by atomic mass is 9.87. The predicted octanol–water partition coefficient (Wildman–Crippen LogP) is 3.77. The third kappa shape index (κ3) is 4.03. The Kier molecular flexibility index (Phi) is 6.61. The second-order valence-electron chi connectivity index (χ2n) is 7.37. The SMILES string of the molecule is COC(=O)[C@H]([C@H](C)c1c(F)ccc(C)c1C)N1CN(OC)c2cc(Cl)ccc2S1(=O)=O. The van der Waals surface area contributed by atoms with E-state index in [2.05, 4.69) is 0 Å². The largest absolute Gasteiger partial charge is 0.468 e. The first kappa shape index (κ1) is 23.5. The molecule has 0 spiro atoms. The van der Waals surface area contributed by atoms with Crippen LogP contribution in [0.3, 0.4) is 0 Å². The molecule has 0 unspecified atom stereocenters. The van der Waals surface area contributed by atoms with Crippen molar-refractivity contribution in [3.63, 3.8) is 0 Å². The van der Waals surface area contributed by atoms with Gasteiger partial charge in [0.25, 0.3) is 0 Å². The molecule has 1 aliphatic heterocycles. The van der Waals surface area contributed by atoms with Crippen LogP contribution in [0, 0.1) is 19.7 Å². The molecule has 3 rings (SSSR count). The van der Waals surface area contributed by atoms with Crippen LogP contribution in [0.2, 0.25) is 5.02 Å². The Bertz CT molecular complexity index is 1120. The Hall–Kier alpha value is -2.20. The molecule has 0 saturated carbocycles. The number of carbonyl (C=O) groups excluding carboxylic acids is 1. The van der Waals surface area contributed by atoms with E-state index in [1.54, 1.807) is 19.9 Å². The minimum absolute atomic E-state index is 0.0764. The maximum atomic E-state index is 14.8. The topological polar surface area (TPSA) is 76.2 Å². The molecule has 2 aromatic carbocycles. The zero-order valence-electron chi connectivity index (χ0n) is 17.8. The summed E-state index contributed by atoms with van der Waals surface area (Å²) >= 11 is 6.04. The van der Waals surface area contributed by atoms with Crippen molar-refractivity contribution in [2.24, 2.45) is 0 Å². The van der Waals surface area contributed by atoms with Gasteiger partial charge in [-0.15, -0.1) is 0 Å². The molecule has 1 heterocycles. The molecule has 0 N–H and O–H groups in total. The van der Waals surface area contributed by atoms with Gasteiger partial charge in [0.1, 0.15) is 23.4 Å². The molecular weight excluding hydrogens is 447 g/mol. The Morgan fingerprint density at radius 1 is 1.19 bits per heavy atom. The Labute approximate surface area is 186 Å². The monoisotopic (exact) mass is 470 g/mol. The van der Waals surface area contributed by atoms with E-state index in [0.717, 1.165) is 9.87 Å². The van der Waals surface area contributed by atoms with Gasteiger partial charge in [0.2, 0.25) is 10.0 Å². The maximum absolute atomic E-state index is 14.8. The summed E-state index contributed by atoms with van der Waals surface area (Å²) in [7, 11) is -1.61. The van der Waals surface area contributed by atoms with Gasteiger partial charge >= 0.3 is 5.97 Å². The fourth-order valence-electron chi connectivity index (χ4n) is 3.92. The summed E-state index contributed by atoms with van der Waals surface area (Å²) in [5, 5.41) is 1.64.